The summed E-state index contributed by atoms with van der Waals surface area (Å²) in [6.45, 7) is 1.12. The van der Waals surface area contributed by atoms with Gasteiger partial charge in [-0.2, -0.15) is 0 Å². The van der Waals surface area contributed by atoms with Crippen molar-refractivity contribution >= 4 is 11.4 Å². The molecule has 1 aromatic carbocycles. The van der Waals surface area contributed by atoms with Gasteiger partial charge in [0.15, 0.2) is 0 Å². The lowest BCUT2D eigenvalue weighted by molar-refractivity contribution is 0.283. The maximum absolute atomic E-state index is 8.64. The van der Waals surface area contributed by atoms with E-state index in [2.05, 4.69) is 5.32 Å². The number of hydrogen-bond donors (Lipinski definition) is 3. The van der Waals surface area contributed by atoms with E-state index in [0.717, 1.165) is 42.9 Å². The van der Waals surface area contributed by atoms with Crippen LogP contribution in [0.15, 0.2) is 18.2 Å². The van der Waals surface area contributed by atoms with Crippen LogP contribution < -0.4 is 15.8 Å². The van der Waals surface area contributed by atoms with E-state index in [4.69, 9.17) is 15.6 Å². The number of unbranched alkanes of at least 4 members (excludes halogenated alkanes) is 2. The molecule has 4 heteroatoms. The van der Waals surface area contributed by atoms with Gasteiger partial charge in [-0.25, -0.2) is 0 Å². The number of aliphatic hydroxyl groups excluding tert-OH is 1. The van der Waals surface area contributed by atoms with Gasteiger partial charge in [0, 0.05) is 19.2 Å². The molecule has 0 heterocycles. The lowest BCUT2D eigenvalue weighted by Crippen LogP contribution is -2.04. The van der Waals surface area contributed by atoms with E-state index in [0.29, 0.717) is 0 Å². The molecule has 0 unspecified atom stereocenters. The van der Waals surface area contributed by atoms with Crippen molar-refractivity contribution in [1.29, 1.82) is 0 Å². The molecule has 0 saturated heterocycles. The fraction of sp³-hybridized carbons (Fsp3) is 0.500. The zero-order chi connectivity index (χ0) is 11.8. The summed E-state index contributed by atoms with van der Waals surface area (Å²) in [4.78, 5) is 0. The lowest BCUT2D eigenvalue weighted by Gasteiger charge is -2.10. The summed E-state index contributed by atoms with van der Waals surface area (Å²) in [5.41, 5.74) is 7.46. The molecule has 0 saturated carbocycles. The number of aliphatic hydroxyl groups is 1. The summed E-state index contributed by atoms with van der Waals surface area (Å²) in [5.74, 6) is 0.798. The second-order valence-electron chi connectivity index (χ2n) is 3.66. The van der Waals surface area contributed by atoms with Crippen molar-refractivity contribution in [3.63, 3.8) is 0 Å². The van der Waals surface area contributed by atoms with Gasteiger partial charge >= 0.3 is 0 Å². The third-order valence-corrected chi connectivity index (χ3v) is 2.41. The molecule has 0 bridgehead atoms. The molecule has 0 aliphatic rings. The van der Waals surface area contributed by atoms with Crippen molar-refractivity contribution in [3.8, 4) is 5.75 Å². The summed E-state index contributed by atoms with van der Waals surface area (Å²) in [7, 11) is 1.64. The number of rotatable bonds is 7. The Morgan fingerprint density at radius 1 is 1.31 bits per heavy atom. The van der Waals surface area contributed by atoms with E-state index >= 15 is 0 Å². The molecular formula is C12H20N2O2. The molecule has 0 atom stereocenters. The maximum atomic E-state index is 8.64. The van der Waals surface area contributed by atoms with E-state index in [1.54, 1.807) is 7.11 Å². The van der Waals surface area contributed by atoms with E-state index in [1.807, 2.05) is 18.2 Å². The van der Waals surface area contributed by atoms with E-state index in [-0.39, 0.29) is 6.61 Å². The standard InChI is InChI=1S/C12H20N2O2/c1-16-10-5-6-11(13)12(9-10)14-7-3-2-4-8-15/h5-6,9,14-15H,2-4,7-8,13H2,1H3. The van der Waals surface area contributed by atoms with Crippen LogP contribution in [-0.4, -0.2) is 25.4 Å². The summed E-state index contributed by atoms with van der Waals surface area (Å²) < 4.78 is 5.13. The minimum Gasteiger partial charge on any atom is -0.497 e. The van der Waals surface area contributed by atoms with Crippen LogP contribution in [0.3, 0.4) is 0 Å². The summed E-state index contributed by atoms with van der Waals surface area (Å²) in [6.07, 6.45) is 2.90. The highest BCUT2D eigenvalue weighted by Gasteiger charge is 2.00. The third-order valence-electron chi connectivity index (χ3n) is 2.41. The molecular weight excluding hydrogens is 204 g/mol. The first kappa shape index (κ1) is 12.6. The molecule has 1 aromatic rings. The van der Waals surface area contributed by atoms with Crippen LogP contribution in [0.1, 0.15) is 19.3 Å². The molecule has 1 rings (SSSR count). The normalized spacial score (nSPS) is 10.1. The van der Waals surface area contributed by atoms with Gasteiger partial charge in [0.05, 0.1) is 18.5 Å². The average molecular weight is 224 g/mol. The Morgan fingerprint density at radius 3 is 2.81 bits per heavy atom. The number of hydrogen-bond acceptors (Lipinski definition) is 4. The zero-order valence-electron chi connectivity index (χ0n) is 9.70. The second-order valence-corrected chi connectivity index (χ2v) is 3.66. The van der Waals surface area contributed by atoms with Crippen molar-refractivity contribution in [2.45, 2.75) is 19.3 Å². The van der Waals surface area contributed by atoms with Crippen LogP contribution in [0.25, 0.3) is 0 Å². The molecule has 16 heavy (non-hydrogen) atoms. The Balaban J connectivity index is 2.40. The number of methoxy groups -OCH3 is 1. The number of benzene rings is 1. The van der Waals surface area contributed by atoms with Gasteiger partial charge in [0.1, 0.15) is 5.75 Å². The Bertz CT molecular complexity index is 316. The molecule has 0 aliphatic carbocycles. The first-order valence-corrected chi connectivity index (χ1v) is 5.56. The maximum Gasteiger partial charge on any atom is 0.121 e. The average Bonchev–Trinajstić information content (AvgIpc) is 2.31. The first-order valence-electron chi connectivity index (χ1n) is 5.56. The zero-order valence-corrected chi connectivity index (χ0v) is 9.70. The molecule has 0 spiro atoms. The monoisotopic (exact) mass is 224 g/mol. The predicted octanol–water partition coefficient (Wildman–Crippen LogP) is 1.85. The second kappa shape index (κ2) is 6.95. The Kier molecular flexibility index (Phi) is 5.50. The lowest BCUT2D eigenvalue weighted by atomic mass is 10.2. The molecule has 0 aromatic heterocycles. The van der Waals surface area contributed by atoms with Gasteiger partial charge < -0.3 is 20.9 Å². The van der Waals surface area contributed by atoms with Gasteiger partial charge in [-0.15, -0.1) is 0 Å². The van der Waals surface area contributed by atoms with E-state index in [9.17, 15) is 0 Å². The Labute approximate surface area is 96.4 Å². The Hall–Kier alpha value is -1.42. The molecule has 0 aliphatic heterocycles. The third kappa shape index (κ3) is 3.98. The fourth-order valence-corrected chi connectivity index (χ4v) is 1.45. The largest absolute Gasteiger partial charge is 0.497 e. The van der Waals surface area contributed by atoms with Crippen molar-refractivity contribution in [3.05, 3.63) is 18.2 Å². The highest BCUT2D eigenvalue weighted by Crippen LogP contribution is 2.24. The fourth-order valence-electron chi connectivity index (χ4n) is 1.45. The molecule has 90 valence electrons. The van der Waals surface area contributed by atoms with Crippen LogP contribution in [-0.2, 0) is 0 Å². The predicted molar refractivity (Wildman–Crippen MR) is 66.8 cm³/mol. The van der Waals surface area contributed by atoms with Crippen LogP contribution in [0.4, 0.5) is 11.4 Å². The summed E-state index contributed by atoms with van der Waals surface area (Å²) >= 11 is 0. The van der Waals surface area contributed by atoms with Crippen LogP contribution in [0.5, 0.6) is 5.75 Å². The number of nitrogens with one attached hydrogen (secondary N) is 1. The smallest absolute Gasteiger partial charge is 0.121 e. The van der Waals surface area contributed by atoms with E-state index in [1.165, 1.54) is 0 Å². The summed E-state index contributed by atoms with van der Waals surface area (Å²) in [6, 6.07) is 5.56. The SMILES string of the molecule is COc1ccc(N)c(NCCCCCO)c1. The highest BCUT2D eigenvalue weighted by molar-refractivity contribution is 5.68. The minimum atomic E-state index is 0.265. The molecule has 0 radical (unpaired) electrons. The van der Waals surface area contributed by atoms with Gasteiger partial charge in [0.2, 0.25) is 0 Å². The topological polar surface area (TPSA) is 67.5 Å². The van der Waals surface area contributed by atoms with Crippen LogP contribution in [0.2, 0.25) is 0 Å². The van der Waals surface area contributed by atoms with E-state index < -0.39 is 0 Å². The summed E-state index contributed by atoms with van der Waals surface area (Å²) in [5, 5.41) is 11.9. The van der Waals surface area contributed by atoms with Crippen molar-refractivity contribution in [2.24, 2.45) is 0 Å². The van der Waals surface area contributed by atoms with Gasteiger partial charge in [-0.1, -0.05) is 0 Å². The van der Waals surface area contributed by atoms with Gasteiger partial charge in [-0.3, -0.25) is 0 Å². The number of nitrogen functional groups attached to an aromatic ring is 1. The highest BCUT2D eigenvalue weighted by atomic mass is 16.5. The first-order chi connectivity index (χ1) is 7.77. The quantitative estimate of drug-likeness (QED) is 0.488. The van der Waals surface area contributed by atoms with Crippen LogP contribution >= 0.6 is 0 Å². The van der Waals surface area contributed by atoms with Crippen molar-refractivity contribution < 1.29 is 9.84 Å². The molecule has 0 amide bonds. The minimum absolute atomic E-state index is 0.265. The molecule has 4 N–H and O–H groups in total. The molecule has 0 fully saturated rings. The number of ether oxygens (including phenoxy) is 1. The number of anilines is 2. The van der Waals surface area contributed by atoms with Crippen LogP contribution in [0, 0.1) is 0 Å². The van der Waals surface area contributed by atoms with Crippen molar-refractivity contribution in [1.82, 2.24) is 0 Å². The number of nitrogens with two attached hydrogens (primary N) is 1. The molecule has 4 nitrogen and oxygen atoms in total. The van der Waals surface area contributed by atoms with Gasteiger partial charge in [0.25, 0.3) is 0 Å². The van der Waals surface area contributed by atoms with Crippen molar-refractivity contribution in [2.75, 3.05) is 31.3 Å². The Morgan fingerprint density at radius 2 is 2.12 bits per heavy atom. The van der Waals surface area contributed by atoms with Gasteiger partial charge in [-0.05, 0) is 31.4 Å².